The van der Waals surface area contributed by atoms with Gasteiger partial charge >= 0.3 is 12.1 Å². The molecule has 1 aromatic rings. The van der Waals surface area contributed by atoms with Crippen LogP contribution >= 0.6 is 0 Å². The second-order valence-electron chi connectivity index (χ2n) is 11.4. The molecule has 9 nitrogen and oxygen atoms in total. The van der Waals surface area contributed by atoms with Gasteiger partial charge in [0.25, 0.3) is 0 Å². The van der Waals surface area contributed by atoms with Crippen molar-refractivity contribution in [1.82, 2.24) is 16.0 Å². The Kier molecular flexibility index (Phi) is 11.4. The number of alkyl carbamates (subject to hydrolysis) is 1. The normalized spacial score (nSPS) is 19.4. The summed E-state index contributed by atoms with van der Waals surface area (Å²) >= 11 is 0. The van der Waals surface area contributed by atoms with E-state index in [9.17, 15) is 24.3 Å². The highest BCUT2D eigenvalue weighted by Gasteiger charge is 2.31. The van der Waals surface area contributed by atoms with Crippen LogP contribution in [0.1, 0.15) is 72.3 Å². The molecule has 0 heterocycles. The number of hydrogen-bond acceptors (Lipinski definition) is 5. The quantitative estimate of drug-likeness (QED) is 0.354. The zero-order chi connectivity index (χ0) is 27.6. The number of carbonyl (C=O) groups excluding carboxylic acids is 3. The topological polar surface area (TPSA) is 134 Å². The predicted molar refractivity (Wildman–Crippen MR) is 141 cm³/mol. The smallest absolute Gasteiger partial charge is 0.408 e. The Hall–Kier alpha value is -3.10. The molecule has 37 heavy (non-hydrogen) atoms. The van der Waals surface area contributed by atoms with Gasteiger partial charge in [-0.1, -0.05) is 44.2 Å². The third-order valence-corrected chi connectivity index (χ3v) is 6.39. The maximum Gasteiger partial charge on any atom is 0.408 e. The van der Waals surface area contributed by atoms with E-state index in [2.05, 4.69) is 16.0 Å². The molecule has 2 atom stereocenters. The molecule has 0 aliphatic heterocycles. The minimum Gasteiger partial charge on any atom is -0.480 e. The van der Waals surface area contributed by atoms with Crippen molar-refractivity contribution >= 4 is 23.9 Å². The van der Waals surface area contributed by atoms with Crippen LogP contribution in [0.4, 0.5) is 4.79 Å². The molecule has 206 valence electrons. The van der Waals surface area contributed by atoms with Crippen LogP contribution in [-0.2, 0) is 25.5 Å². The Morgan fingerprint density at radius 3 is 2.14 bits per heavy atom. The number of carboxylic acids is 1. The molecule has 4 N–H and O–H groups in total. The first-order chi connectivity index (χ1) is 17.3. The van der Waals surface area contributed by atoms with Crippen LogP contribution in [0.2, 0.25) is 0 Å². The first-order valence-corrected chi connectivity index (χ1v) is 13.2. The lowest BCUT2D eigenvalue weighted by molar-refractivity contribution is -0.143. The molecule has 9 heteroatoms. The third-order valence-electron chi connectivity index (χ3n) is 6.39. The molecule has 1 aromatic carbocycles. The number of aliphatic carboxylic acids is 1. The lowest BCUT2D eigenvalue weighted by Gasteiger charge is -2.29. The fourth-order valence-electron chi connectivity index (χ4n) is 4.49. The monoisotopic (exact) mass is 517 g/mol. The van der Waals surface area contributed by atoms with Crippen LogP contribution in [0.5, 0.6) is 0 Å². The predicted octanol–water partition coefficient (Wildman–Crippen LogP) is 3.66. The highest BCUT2D eigenvalue weighted by atomic mass is 16.6. The van der Waals surface area contributed by atoms with Crippen LogP contribution in [-0.4, -0.2) is 53.2 Å². The molecule has 1 aliphatic rings. The van der Waals surface area contributed by atoms with Crippen molar-refractivity contribution in [1.29, 1.82) is 0 Å². The van der Waals surface area contributed by atoms with Gasteiger partial charge in [0.15, 0.2) is 0 Å². The summed E-state index contributed by atoms with van der Waals surface area (Å²) in [6, 6.07) is 7.81. The van der Waals surface area contributed by atoms with E-state index in [1.807, 2.05) is 44.2 Å². The van der Waals surface area contributed by atoms with Crippen molar-refractivity contribution in [3.05, 3.63) is 35.9 Å². The van der Waals surface area contributed by atoms with Crippen LogP contribution in [0, 0.1) is 17.8 Å². The summed E-state index contributed by atoms with van der Waals surface area (Å²) in [5.74, 6) is -1.36. The Bertz CT molecular complexity index is 904. The van der Waals surface area contributed by atoms with Crippen molar-refractivity contribution in [2.24, 2.45) is 17.8 Å². The summed E-state index contributed by atoms with van der Waals surface area (Å²) in [6.07, 6.45) is 2.87. The molecular formula is C28H43N3O6. The van der Waals surface area contributed by atoms with Gasteiger partial charge in [-0.25, -0.2) is 9.59 Å². The fourth-order valence-corrected chi connectivity index (χ4v) is 4.49. The lowest BCUT2D eigenvalue weighted by atomic mass is 9.81. The second-order valence-corrected chi connectivity index (χ2v) is 11.4. The molecule has 0 saturated heterocycles. The lowest BCUT2D eigenvalue weighted by Crippen LogP contribution is -2.50. The van der Waals surface area contributed by atoms with Crippen LogP contribution in [0.15, 0.2) is 30.3 Å². The van der Waals surface area contributed by atoms with Gasteiger partial charge in [-0.15, -0.1) is 0 Å². The van der Waals surface area contributed by atoms with E-state index in [1.165, 1.54) is 0 Å². The van der Waals surface area contributed by atoms with Gasteiger partial charge in [-0.3, -0.25) is 9.59 Å². The zero-order valence-corrected chi connectivity index (χ0v) is 22.7. The molecule has 1 aliphatic carbocycles. The summed E-state index contributed by atoms with van der Waals surface area (Å²) in [6.45, 7) is 9.59. The molecule has 1 saturated carbocycles. The van der Waals surface area contributed by atoms with Gasteiger partial charge in [0.05, 0.1) is 0 Å². The largest absolute Gasteiger partial charge is 0.480 e. The van der Waals surface area contributed by atoms with Crippen LogP contribution in [0.3, 0.4) is 0 Å². The van der Waals surface area contributed by atoms with Gasteiger partial charge in [0.1, 0.15) is 17.7 Å². The van der Waals surface area contributed by atoms with Gasteiger partial charge in [-0.2, -0.15) is 0 Å². The zero-order valence-electron chi connectivity index (χ0n) is 22.7. The first-order valence-electron chi connectivity index (χ1n) is 13.2. The summed E-state index contributed by atoms with van der Waals surface area (Å²) in [5, 5.41) is 17.8. The Morgan fingerprint density at radius 2 is 1.59 bits per heavy atom. The van der Waals surface area contributed by atoms with Crippen molar-refractivity contribution in [2.45, 2.75) is 90.8 Å². The third kappa shape index (κ3) is 11.2. The number of carboxylic acid groups (broad SMARTS) is 1. The Labute approximate surface area is 220 Å². The molecule has 0 spiro atoms. The number of rotatable bonds is 11. The summed E-state index contributed by atoms with van der Waals surface area (Å²) < 4.78 is 5.34. The molecular weight excluding hydrogens is 474 g/mol. The molecule has 0 bridgehead atoms. The maximum atomic E-state index is 13.0. The van der Waals surface area contributed by atoms with Gasteiger partial charge in [0, 0.05) is 18.9 Å². The highest BCUT2D eigenvalue weighted by molar-refractivity contribution is 5.86. The first kappa shape index (κ1) is 30.1. The Balaban J connectivity index is 1.88. The molecule has 0 unspecified atom stereocenters. The summed E-state index contributed by atoms with van der Waals surface area (Å²) in [7, 11) is 0. The summed E-state index contributed by atoms with van der Waals surface area (Å²) in [5.41, 5.74) is 0.240. The van der Waals surface area contributed by atoms with Crippen molar-refractivity contribution in [3.63, 3.8) is 0 Å². The number of nitrogens with one attached hydrogen (secondary N) is 3. The number of ether oxygens (including phenoxy) is 1. The van der Waals surface area contributed by atoms with Crippen molar-refractivity contribution in [2.75, 3.05) is 6.54 Å². The van der Waals surface area contributed by atoms with E-state index >= 15 is 0 Å². The maximum absolute atomic E-state index is 13.0. The van der Waals surface area contributed by atoms with Gasteiger partial charge in [0.2, 0.25) is 11.8 Å². The van der Waals surface area contributed by atoms with E-state index in [0.717, 1.165) is 18.4 Å². The summed E-state index contributed by atoms with van der Waals surface area (Å²) in [4.78, 5) is 49.5. The molecule has 2 rings (SSSR count). The van der Waals surface area contributed by atoms with Gasteiger partial charge < -0.3 is 25.8 Å². The van der Waals surface area contributed by atoms with Crippen LogP contribution in [0.25, 0.3) is 0 Å². The molecule has 3 amide bonds. The molecule has 0 radical (unpaired) electrons. The SMILES string of the molecule is CC(C)C[C@@H](NC(=O)C1CCC(CNC(=O)[C@H](Cc2ccccc2)NC(=O)OC(C)(C)C)CC1)C(=O)O. The van der Waals surface area contributed by atoms with E-state index in [0.29, 0.717) is 32.2 Å². The van der Waals surface area contributed by atoms with Gasteiger partial charge in [-0.05, 0) is 70.3 Å². The number of hydrogen-bond donors (Lipinski definition) is 4. The average Bonchev–Trinajstić information content (AvgIpc) is 2.81. The number of benzene rings is 1. The van der Waals surface area contributed by atoms with E-state index in [-0.39, 0.29) is 29.6 Å². The fraction of sp³-hybridized carbons (Fsp3) is 0.643. The van der Waals surface area contributed by atoms with Crippen molar-refractivity contribution in [3.8, 4) is 0 Å². The van der Waals surface area contributed by atoms with Crippen LogP contribution < -0.4 is 16.0 Å². The van der Waals surface area contributed by atoms with E-state index < -0.39 is 29.7 Å². The Morgan fingerprint density at radius 1 is 0.973 bits per heavy atom. The number of carbonyl (C=O) groups is 4. The standard InChI is InChI=1S/C28H43N3O6/c1-18(2)15-23(26(34)35)30-24(32)21-13-11-20(12-14-21)17-29-25(33)22(16-19-9-7-6-8-10-19)31-27(36)37-28(3,4)5/h6-10,18,20-23H,11-17H2,1-5H3,(H,29,33)(H,30,32)(H,31,36)(H,34,35)/t20?,21?,22-,23+/m0/s1. The molecule has 0 aromatic heterocycles. The minimum absolute atomic E-state index is 0.163. The minimum atomic E-state index is -1.01. The average molecular weight is 518 g/mol. The van der Waals surface area contributed by atoms with Crippen molar-refractivity contribution < 1.29 is 29.0 Å². The number of amides is 3. The highest BCUT2D eigenvalue weighted by Crippen LogP contribution is 2.29. The molecule has 1 fully saturated rings. The van der Waals surface area contributed by atoms with E-state index in [1.54, 1.807) is 20.8 Å². The van der Waals surface area contributed by atoms with E-state index in [4.69, 9.17) is 4.74 Å². The second kappa shape index (κ2) is 14.0.